The molecule has 10 heavy (non-hydrogen) atoms. The highest BCUT2D eigenvalue weighted by Gasteiger charge is 2.19. The van der Waals surface area contributed by atoms with Crippen molar-refractivity contribution in [2.75, 3.05) is 6.61 Å². The van der Waals surface area contributed by atoms with Gasteiger partial charge in [0, 0.05) is 6.61 Å². The number of hydrogen-bond donors (Lipinski definition) is 0. The van der Waals surface area contributed by atoms with Gasteiger partial charge in [-0.3, -0.25) is 0 Å². The van der Waals surface area contributed by atoms with Gasteiger partial charge in [0.2, 0.25) is 0 Å². The highest BCUT2D eigenvalue weighted by atomic mass is 16.5. The van der Waals surface area contributed by atoms with Crippen molar-refractivity contribution in [3.8, 4) is 0 Å². The maximum absolute atomic E-state index is 5.48. The van der Waals surface area contributed by atoms with E-state index in [1.54, 1.807) is 0 Å². The zero-order valence-electron chi connectivity index (χ0n) is 6.89. The molecule has 1 heterocycles. The van der Waals surface area contributed by atoms with Gasteiger partial charge in [-0.15, -0.1) is 0 Å². The molecule has 1 heteroatoms. The lowest BCUT2D eigenvalue weighted by atomic mass is 9.98. The Bertz CT molecular complexity index is 121. The van der Waals surface area contributed by atoms with Gasteiger partial charge in [-0.25, -0.2) is 0 Å². The van der Waals surface area contributed by atoms with Crippen LogP contribution in [-0.4, -0.2) is 12.7 Å². The third-order valence-electron chi connectivity index (χ3n) is 2.08. The van der Waals surface area contributed by atoms with Gasteiger partial charge in [-0.05, 0) is 24.3 Å². The fourth-order valence-electron chi connectivity index (χ4n) is 1.24. The molecule has 1 unspecified atom stereocenters. The molecule has 0 spiro atoms. The lowest BCUT2D eigenvalue weighted by Gasteiger charge is -2.15. The van der Waals surface area contributed by atoms with Crippen LogP contribution in [-0.2, 0) is 4.74 Å². The third-order valence-corrected chi connectivity index (χ3v) is 2.08. The molecule has 0 aromatic carbocycles. The molecule has 0 saturated carbocycles. The minimum Gasteiger partial charge on any atom is -0.374 e. The van der Waals surface area contributed by atoms with Crippen molar-refractivity contribution in [3.63, 3.8) is 0 Å². The summed E-state index contributed by atoms with van der Waals surface area (Å²) < 4.78 is 5.48. The summed E-state index contributed by atoms with van der Waals surface area (Å²) in [5.74, 6) is 0.572. The minimum atomic E-state index is 0.361. The average molecular weight is 140 g/mol. The van der Waals surface area contributed by atoms with Crippen LogP contribution in [0.2, 0.25) is 0 Å². The second-order valence-corrected chi connectivity index (χ2v) is 3.23. The lowest BCUT2D eigenvalue weighted by Crippen LogP contribution is -2.12. The van der Waals surface area contributed by atoms with Gasteiger partial charge in [-0.1, -0.05) is 20.4 Å². The Hall–Kier alpha value is -0.300. The minimum absolute atomic E-state index is 0.361. The van der Waals surface area contributed by atoms with Gasteiger partial charge in [-0.2, -0.15) is 0 Å². The molecule has 1 rings (SSSR count). The molecule has 0 aromatic heterocycles. The van der Waals surface area contributed by atoms with E-state index >= 15 is 0 Å². The van der Waals surface area contributed by atoms with E-state index in [1.807, 2.05) is 0 Å². The number of rotatable bonds is 2. The molecular weight excluding hydrogens is 124 g/mol. The zero-order valence-corrected chi connectivity index (χ0v) is 6.89. The highest BCUT2D eigenvalue weighted by molar-refractivity contribution is 5.06. The Morgan fingerprint density at radius 2 is 2.30 bits per heavy atom. The summed E-state index contributed by atoms with van der Waals surface area (Å²) in [5.41, 5.74) is 1.26. The molecule has 58 valence electrons. The maximum Gasteiger partial charge on any atom is 0.0785 e. The van der Waals surface area contributed by atoms with E-state index in [-0.39, 0.29) is 0 Å². The molecule has 0 radical (unpaired) electrons. The summed E-state index contributed by atoms with van der Waals surface area (Å²) in [6.07, 6.45) is 2.74. The van der Waals surface area contributed by atoms with Crippen LogP contribution < -0.4 is 0 Å². The van der Waals surface area contributed by atoms with Crippen LogP contribution in [0.3, 0.4) is 0 Å². The Kier molecular flexibility index (Phi) is 2.50. The fraction of sp³-hybridized carbons (Fsp3) is 0.778. The van der Waals surface area contributed by atoms with Gasteiger partial charge in [0.05, 0.1) is 6.10 Å². The van der Waals surface area contributed by atoms with Gasteiger partial charge >= 0.3 is 0 Å². The molecule has 0 amide bonds. The summed E-state index contributed by atoms with van der Waals surface area (Å²) in [6, 6.07) is 0. The van der Waals surface area contributed by atoms with Crippen LogP contribution in [0.15, 0.2) is 12.2 Å². The Balaban J connectivity index is 2.40. The number of hydrogen-bond acceptors (Lipinski definition) is 1. The molecule has 0 aromatic rings. The summed E-state index contributed by atoms with van der Waals surface area (Å²) >= 11 is 0. The SMILES string of the molecule is C=C(C(C)C)C1CCCO1. The molecule has 1 atom stereocenters. The quantitative estimate of drug-likeness (QED) is 0.535. The van der Waals surface area contributed by atoms with Crippen LogP contribution in [0, 0.1) is 5.92 Å². The molecule has 1 fully saturated rings. The van der Waals surface area contributed by atoms with Crippen LogP contribution >= 0.6 is 0 Å². The molecule has 1 saturated heterocycles. The van der Waals surface area contributed by atoms with Crippen molar-refractivity contribution >= 4 is 0 Å². The van der Waals surface area contributed by atoms with E-state index in [0.29, 0.717) is 12.0 Å². The van der Waals surface area contributed by atoms with E-state index in [1.165, 1.54) is 18.4 Å². The van der Waals surface area contributed by atoms with Crippen molar-refractivity contribution in [1.29, 1.82) is 0 Å². The lowest BCUT2D eigenvalue weighted by molar-refractivity contribution is 0.131. The van der Waals surface area contributed by atoms with E-state index in [9.17, 15) is 0 Å². The Labute approximate surface area is 63.1 Å². The first-order valence-corrected chi connectivity index (χ1v) is 4.02. The second kappa shape index (κ2) is 3.20. The largest absolute Gasteiger partial charge is 0.374 e. The summed E-state index contributed by atoms with van der Waals surface area (Å²) in [4.78, 5) is 0. The summed E-state index contributed by atoms with van der Waals surface area (Å²) in [5, 5.41) is 0. The molecule has 0 bridgehead atoms. The van der Waals surface area contributed by atoms with Gasteiger partial charge in [0.1, 0.15) is 0 Å². The maximum atomic E-state index is 5.48. The summed E-state index contributed by atoms with van der Waals surface area (Å²) in [7, 11) is 0. The molecule has 1 aliphatic heterocycles. The second-order valence-electron chi connectivity index (χ2n) is 3.23. The van der Waals surface area contributed by atoms with Gasteiger partial charge in [0.25, 0.3) is 0 Å². The highest BCUT2D eigenvalue weighted by Crippen LogP contribution is 2.23. The first kappa shape index (κ1) is 7.80. The van der Waals surface area contributed by atoms with Crippen molar-refractivity contribution in [3.05, 3.63) is 12.2 Å². The van der Waals surface area contributed by atoms with Crippen LogP contribution in [0.4, 0.5) is 0 Å². The average Bonchev–Trinajstić information content (AvgIpc) is 2.36. The van der Waals surface area contributed by atoms with E-state index < -0.39 is 0 Å². The van der Waals surface area contributed by atoms with E-state index in [2.05, 4.69) is 20.4 Å². The molecule has 0 aliphatic carbocycles. The summed E-state index contributed by atoms with van der Waals surface area (Å²) in [6.45, 7) is 9.28. The molecule has 1 aliphatic rings. The monoisotopic (exact) mass is 140 g/mol. The standard InChI is InChI=1S/C9H16O/c1-7(2)8(3)9-5-4-6-10-9/h7,9H,3-6H2,1-2H3. The molecule has 1 nitrogen and oxygen atoms in total. The van der Waals surface area contributed by atoms with E-state index in [0.717, 1.165) is 6.61 Å². The zero-order chi connectivity index (χ0) is 7.56. The topological polar surface area (TPSA) is 9.23 Å². The Morgan fingerprint density at radius 1 is 1.60 bits per heavy atom. The fourth-order valence-corrected chi connectivity index (χ4v) is 1.24. The normalized spacial score (nSPS) is 25.7. The predicted molar refractivity (Wildman–Crippen MR) is 43.0 cm³/mol. The Morgan fingerprint density at radius 3 is 2.70 bits per heavy atom. The van der Waals surface area contributed by atoms with Gasteiger partial charge < -0.3 is 4.74 Å². The molecular formula is C9H16O. The van der Waals surface area contributed by atoms with Gasteiger partial charge in [0.15, 0.2) is 0 Å². The predicted octanol–water partition coefficient (Wildman–Crippen LogP) is 2.38. The van der Waals surface area contributed by atoms with Crippen molar-refractivity contribution in [2.24, 2.45) is 5.92 Å². The van der Waals surface area contributed by atoms with Crippen LogP contribution in [0.1, 0.15) is 26.7 Å². The first-order chi connectivity index (χ1) is 4.72. The van der Waals surface area contributed by atoms with Crippen molar-refractivity contribution < 1.29 is 4.74 Å². The van der Waals surface area contributed by atoms with Crippen LogP contribution in [0.5, 0.6) is 0 Å². The van der Waals surface area contributed by atoms with Crippen molar-refractivity contribution in [1.82, 2.24) is 0 Å². The smallest absolute Gasteiger partial charge is 0.0785 e. The van der Waals surface area contributed by atoms with E-state index in [4.69, 9.17) is 4.74 Å². The first-order valence-electron chi connectivity index (χ1n) is 4.02. The number of ether oxygens (including phenoxy) is 1. The van der Waals surface area contributed by atoms with Crippen molar-refractivity contribution in [2.45, 2.75) is 32.8 Å². The molecule has 0 N–H and O–H groups in total. The third kappa shape index (κ3) is 1.60. The van der Waals surface area contributed by atoms with Crippen LogP contribution in [0.25, 0.3) is 0 Å².